The van der Waals surface area contributed by atoms with E-state index in [-0.39, 0.29) is 17.0 Å². The van der Waals surface area contributed by atoms with Crippen LogP contribution in [0.4, 0.5) is 4.39 Å². The molecular formula is C23H27FN4O2S. The molecule has 2 aromatic carbocycles. The van der Waals surface area contributed by atoms with Gasteiger partial charge in [0.15, 0.2) is 11.0 Å². The highest BCUT2D eigenvalue weighted by Gasteiger charge is 2.20. The number of methoxy groups -OCH3 is 1. The van der Waals surface area contributed by atoms with E-state index in [4.69, 9.17) is 4.74 Å². The lowest BCUT2D eigenvalue weighted by Gasteiger charge is -2.14. The van der Waals surface area contributed by atoms with Crippen molar-refractivity contribution in [3.8, 4) is 17.1 Å². The maximum Gasteiger partial charge on any atom is 0.233 e. The molecule has 0 fully saturated rings. The van der Waals surface area contributed by atoms with Crippen molar-refractivity contribution in [1.29, 1.82) is 0 Å². The number of benzene rings is 2. The van der Waals surface area contributed by atoms with Gasteiger partial charge < -0.3 is 14.6 Å². The average Bonchev–Trinajstić information content (AvgIpc) is 3.19. The summed E-state index contributed by atoms with van der Waals surface area (Å²) in [6.45, 7) is 5.10. The first-order valence-corrected chi connectivity index (χ1v) is 11.2. The molecule has 3 aromatic rings. The zero-order chi connectivity index (χ0) is 22.2. The van der Waals surface area contributed by atoms with Crippen molar-refractivity contribution in [3.63, 3.8) is 0 Å². The lowest BCUT2D eigenvalue weighted by Crippen LogP contribution is -2.30. The van der Waals surface area contributed by atoms with Crippen LogP contribution in [0.5, 0.6) is 5.75 Å². The van der Waals surface area contributed by atoms with Crippen LogP contribution in [0.2, 0.25) is 0 Å². The summed E-state index contributed by atoms with van der Waals surface area (Å²) in [5.41, 5.74) is 1.80. The third kappa shape index (κ3) is 6.07. The summed E-state index contributed by atoms with van der Waals surface area (Å²) in [4.78, 5) is 12.6. The van der Waals surface area contributed by atoms with Crippen LogP contribution < -0.4 is 10.1 Å². The van der Waals surface area contributed by atoms with E-state index in [0.29, 0.717) is 11.7 Å². The number of amides is 1. The fourth-order valence-corrected chi connectivity index (χ4v) is 3.89. The fourth-order valence-electron chi connectivity index (χ4n) is 2.99. The van der Waals surface area contributed by atoms with Gasteiger partial charge in [0.1, 0.15) is 11.6 Å². The third-order valence-corrected chi connectivity index (χ3v) is 5.91. The number of halogens is 1. The highest BCUT2D eigenvalue weighted by atomic mass is 32.2. The molecule has 0 saturated heterocycles. The Morgan fingerprint density at radius 2 is 1.87 bits per heavy atom. The van der Waals surface area contributed by atoms with Crippen molar-refractivity contribution in [2.45, 2.75) is 50.2 Å². The van der Waals surface area contributed by atoms with E-state index in [1.165, 1.54) is 23.9 Å². The number of hydrogen-bond donors (Lipinski definition) is 1. The van der Waals surface area contributed by atoms with Crippen LogP contribution in [0.1, 0.15) is 32.3 Å². The maximum absolute atomic E-state index is 13.0. The van der Waals surface area contributed by atoms with E-state index < -0.39 is 0 Å². The molecule has 6 nitrogen and oxygen atoms in total. The van der Waals surface area contributed by atoms with E-state index in [1.807, 2.05) is 31.2 Å². The van der Waals surface area contributed by atoms with Crippen LogP contribution in [0, 0.1) is 5.82 Å². The lowest BCUT2D eigenvalue weighted by atomic mass is 10.2. The number of aromatic nitrogens is 3. The molecule has 0 aliphatic carbocycles. The summed E-state index contributed by atoms with van der Waals surface area (Å²) in [5.74, 6) is 1.16. The molecule has 31 heavy (non-hydrogen) atoms. The molecule has 0 saturated carbocycles. The molecule has 0 aliphatic rings. The van der Waals surface area contributed by atoms with Gasteiger partial charge in [-0.1, -0.05) is 37.2 Å². The molecule has 164 valence electrons. The highest BCUT2D eigenvalue weighted by Crippen LogP contribution is 2.28. The fraction of sp³-hybridized carbons (Fsp3) is 0.348. The number of hydrogen-bond acceptors (Lipinski definition) is 5. The predicted octanol–water partition coefficient (Wildman–Crippen LogP) is 4.69. The van der Waals surface area contributed by atoms with Crippen molar-refractivity contribution in [2.24, 2.45) is 0 Å². The minimum Gasteiger partial charge on any atom is -0.497 e. The molecule has 0 radical (unpaired) electrons. The Morgan fingerprint density at radius 1 is 1.16 bits per heavy atom. The van der Waals surface area contributed by atoms with Crippen molar-refractivity contribution < 1.29 is 13.9 Å². The van der Waals surface area contributed by atoms with E-state index in [9.17, 15) is 9.18 Å². The van der Waals surface area contributed by atoms with Crippen LogP contribution in [-0.2, 0) is 17.9 Å². The summed E-state index contributed by atoms with van der Waals surface area (Å²) in [6.07, 6.45) is 2.03. The van der Waals surface area contributed by atoms with Crippen LogP contribution in [0.3, 0.4) is 0 Å². The van der Waals surface area contributed by atoms with Crippen molar-refractivity contribution in [1.82, 2.24) is 20.1 Å². The van der Waals surface area contributed by atoms with Crippen LogP contribution in [0.15, 0.2) is 53.7 Å². The van der Waals surface area contributed by atoms with Gasteiger partial charge in [-0.05, 0) is 55.3 Å². The maximum atomic E-state index is 13.0. The Labute approximate surface area is 186 Å². The number of carbonyl (C=O) groups is 1. The zero-order valence-corrected chi connectivity index (χ0v) is 18.8. The summed E-state index contributed by atoms with van der Waals surface area (Å²) >= 11 is 1.38. The Balaban J connectivity index is 1.70. The van der Waals surface area contributed by atoms with Crippen LogP contribution >= 0.6 is 11.8 Å². The number of thioether (sulfide) groups is 1. The normalized spacial score (nSPS) is 11.9. The van der Waals surface area contributed by atoms with Crippen molar-refractivity contribution in [2.75, 3.05) is 7.11 Å². The molecule has 0 spiro atoms. The molecular weight excluding hydrogens is 415 g/mol. The molecule has 3 rings (SSSR count). The first kappa shape index (κ1) is 22.8. The number of ether oxygens (including phenoxy) is 1. The first-order valence-electron chi connectivity index (χ1n) is 10.3. The average molecular weight is 443 g/mol. The number of unbranched alkanes of at least 4 members (excludes halogenated alkanes) is 1. The van der Waals surface area contributed by atoms with Crippen molar-refractivity contribution >= 4 is 17.7 Å². The Kier molecular flexibility index (Phi) is 8.06. The van der Waals surface area contributed by atoms with Gasteiger partial charge >= 0.3 is 0 Å². The molecule has 1 unspecified atom stereocenters. The minimum atomic E-state index is -0.353. The highest BCUT2D eigenvalue weighted by molar-refractivity contribution is 8.00. The van der Waals surface area contributed by atoms with Gasteiger partial charge in [-0.25, -0.2) is 4.39 Å². The van der Waals surface area contributed by atoms with E-state index in [1.54, 1.807) is 19.2 Å². The Morgan fingerprint density at radius 3 is 2.52 bits per heavy atom. The predicted molar refractivity (Wildman–Crippen MR) is 120 cm³/mol. The number of carbonyl (C=O) groups excluding carboxylic acids is 1. The van der Waals surface area contributed by atoms with E-state index in [0.717, 1.165) is 42.1 Å². The second-order valence-corrected chi connectivity index (χ2v) is 8.45. The van der Waals surface area contributed by atoms with Gasteiger partial charge in [0.05, 0.1) is 12.4 Å². The summed E-state index contributed by atoms with van der Waals surface area (Å²) in [7, 11) is 1.63. The smallest absolute Gasteiger partial charge is 0.233 e. The van der Waals surface area contributed by atoms with Gasteiger partial charge in [-0.3, -0.25) is 4.79 Å². The van der Waals surface area contributed by atoms with Crippen molar-refractivity contribution in [3.05, 3.63) is 59.9 Å². The number of nitrogens with zero attached hydrogens (tertiary/aromatic N) is 3. The van der Waals surface area contributed by atoms with E-state index >= 15 is 0 Å². The standard InChI is InChI=1S/C23H27FN4O2S/c1-4-5-14-28-21(18-8-12-20(30-3)13-9-18)26-27-23(28)31-16(2)22(29)25-15-17-6-10-19(24)11-7-17/h6-13,16H,4-5,14-15H2,1-3H3,(H,25,29). The molecule has 1 aromatic heterocycles. The molecule has 1 N–H and O–H groups in total. The van der Waals surface area contributed by atoms with Gasteiger partial charge in [0.2, 0.25) is 5.91 Å². The molecule has 0 aliphatic heterocycles. The quantitative estimate of drug-likeness (QED) is 0.461. The molecule has 1 amide bonds. The zero-order valence-electron chi connectivity index (χ0n) is 18.0. The molecule has 1 atom stereocenters. The summed E-state index contributed by atoms with van der Waals surface area (Å²) < 4.78 is 20.3. The van der Waals surface area contributed by atoms with Gasteiger partial charge in [-0.15, -0.1) is 10.2 Å². The largest absolute Gasteiger partial charge is 0.497 e. The SMILES string of the molecule is CCCCn1c(SC(C)C(=O)NCc2ccc(F)cc2)nnc1-c1ccc(OC)cc1. The van der Waals surface area contributed by atoms with Crippen LogP contribution in [0.25, 0.3) is 11.4 Å². The second kappa shape index (κ2) is 10.9. The number of rotatable bonds is 10. The lowest BCUT2D eigenvalue weighted by molar-refractivity contribution is -0.120. The summed E-state index contributed by atoms with van der Waals surface area (Å²) in [5, 5.41) is 12.0. The first-order chi connectivity index (χ1) is 15.0. The molecule has 1 heterocycles. The Bertz CT molecular complexity index is 990. The Hall–Kier alpha value is -2.87. The monoisotopic (exact) mass is 442 g/mol. The number of nitrogens with one attached hydrogen (secondary N) is 1. The molecule has 0 bridgehead atoms. The minimum absolute atomic E-state index is 0.106. The van der Waals surface area contributed by atoms with E-state index in [2.05, 4.69) is 27.0 Å². The summed E-state index contributed by atoms with van der Waals surface area (Å²) in [6, 6.07) is 13.8. The van der Waals surface area contributed by atoms with Gasteiger partial charge in [0, 0.05) is 18.7 Å². The molecule has 8 heteroatoms. The van der Waals surface area contributed by atoms with Crippen LogP contribution in [-0.4, -0.2) is 33.0 Å². The van der Waals surface area contributed by atoms with Gasteiger partial charge in [-0.2, -0.15) is 0 Å². The topological polar surface area (TPSA) is 69.0 Å². The second-order valence-electron chi connectivity index (χ2n) is 7.14. The third-order valence-electron chi connectivity index (χ3n) is 4.83. The van der Waals surface area contributed by atoms with Gasteiger partial charge in [0.25, 0.3) is 0 Å².